The largest absolute Gasteiger partial charge is 0.460 e. The number of hydrogen-bond acceptors (Lipinski definition) is 5. The Morgan fingerprint density at radius 2 is 1.64 bits per heavy atom. The minimum absolute atomic E-state index is 0.0234. The summed E-state index contributed by atoms with van der Waals surface area (Å²) in [5, 5.41) is 0. The highest BCUT2D eigenvalue weighted by molar-refractivity contribution is 7.89. The molecule has 0 atom stereocenters. The summed E-state index contributed by atoms with van der Waals surface area (Å²) in [5.74, 6) is 0. The van der Waals surface area contributed by atoms with Crippen molar-refractivity contribution in [2.75, 3.05) is 0 Å². The number of nitrogens with one attached hydrogen (secondary N) is 1. The fraction of sp³-hybridized carbons (Fsp3) is 0.524. The highest BCUT2D eigenvalue weighted by Gasteiger charge is 2.27. The zero-order chi connectivity index (χ0) is 20.1. The summed E-state index contributed by atoms with van der Waals surface area (Å²) in [6.45, 7) is 5.95. The van der Waals surface area contributed by atoms with Gasteiger partial charge in [0.25, 0.3) is 0 Å². The topological polar surface area (TPSA) is 81.2 Å². The minimum Gasteiger partial charge on any atom is -0.460 e. The Kier molecular flexibility index (Phi) is 6.67. The van der Waals surface area contributed by atoms with Crippen molar-refractivity contribution in [3.8, 4) is 6.01 Å². The molecule has 1 aliphatic carbocycles. The van der Waals surface area contributed by atoms with Crippen LogP contribution in [0.3, 0.4) is 0 Å². The van der Waals surface area contributed by atoms with Crippen LogP contribution >= 0.6 is 0 Å². The molecule has 1 N–H and O–H groups in total. The van der Waals surface area contributed by atoms with Crippen LogP contribution in [-0.2, 0) is 16.4 Å². The van der Waals surface area contributed by atoms with Crippen molar-refractivity contribution in [1.29, 1.82) is 0 Å². The Labute approximate surface area is 167 Å². The van der Waals surface area contributed by atoms with Crippen molar-refractivity contribution in [3.63, 3.8) is 0 Å². The van der Waals surface area contributed by atoms with E-state index in [0.717, 1.165) is 55.5 Å². The second-order valence-corrected chi connectivity index (χ2v) is 9.25. The van der Waals surface area contributed by atoms with Gasteiger partial charge in [0.05, 0.1) is 4.90 Å². The van der Waals surface area contributed by atoms with E-state index in [4.69, 9.17) is 4.74 Å². The lowest BCUT2D eigenvalue weighted by atomic mass is 9.94. The first-order chi connectivity index (χ1) is 13.4. The van der Waals surface area contributed by atoms with Gasteiger partial charge in [0.1, 0.15) is 6.10 Å². The van der Waals surface area contributed by atoms with Gasteiger partial charge in [-0.2, -0.15) is 0 Å². The monoisotopic (exact) mass is 403 g/mol. The van der Waals surface area contributed by atoms with Crippen molar-refractivity contribution in [1.82, 2.24) is 14.7 Å². The molecule has 0 aliphatic heterocycles. The first-order valence-corrected chi connectivity index (χ1v) is 11.4. The number of rotatable bonds is 7. The SMILES string of the molecule is CCCc1ccc(S(=O)(=O)NC2CCC(Oc3nc(C)cc(C)n3)CC2)cc1. The summed E-state index contributed by atoms with van der Waals surface area (Å²) in [4.78, 5) is 8.97. The lowest BCUT2D eigenvalue weighted by Crippen LogP contribution is -2.39. The van der Waals surface area contributed by atoms with Crippen molar-refractivity contribution in [2.45, 2.75) is 76.3 Å². The van der Waals surface area contributed by atoms with Gasteiger partial charge >= 0.3 is 6.01 Å². The number of aromatic nitrogens is 2. The molecule has 28 heavy (non-hydrogen) atoms. The van der Waals surface area contributed by atoms with Crippen LogP contribution in [0.2, 0.25) is 0 Å². The van der Waals surface area contributed by atoms with Crippen LogP contribution in [0, 0.1) is 13.8 Å². The van der Waals surface area contributed by atoms with Gasteiger partial charge in [0, 0.05) is 17.4 Å². The number of aryl methyl sites for hydroxylation is 3. The molecule has 6 nitrogen and oxygen atoms in total. The van der Waals surface area contributed by atoms with E-state index in [9.17, 15) is 8.42 Å². The summed E-state index contributed by atoms with van der Waals surface area (Å²) >= 11 is 0. The van der Waals surface area contributed by atoms with Gasteiger partial charge in [-0.05, 0) is 69.7 Å². The molecule has 7 heteroatoms. The lowest BCUT2D eigenvalue weighted by molar-refractivity contribution is 0.131. The molecule has 1 aromatic carbocycles. The smallest absolute Gasteiger partial charge is 0.317 e. The molecule has 152 valence electrons. The van der Waals surface area contributed by atoms with E-state index in [1.165, 1.54) is 0 Å². The van der Waals surface area contributed by atoms with Crippen LogP contribution in [0.5, 0.6) is 6.01 Å². The molecule has 0 saturated heterocycles. The van der Waals surface area contributed by atoms with Crippen LogP contribution in [0.4, 0.5) is 0 Å². The molecule has 0 spiro atoms. The first kappa shape index (κ1) is 20.7. The van der Waals surface area contributed by atoms with Crippen molar-refractivity contribution >= 4 is 10.0 Å². The molecule has 0 unspecified atom stereocenters. The summed E-state index contributed by atoms with van der Waals surface area (Å²) in [7, 11) is -3.49. The molecule has 1 heterocycles. The van der Waals surface area contributed by atoms with Gasteiger partial charge in [-0.3, -0.25) is 0 Å². The van der Waals surface area contributed by atoms with Crippen molar-refractivity contribution < 1.29 is 13.2 Å². The second-order valence-electron chi connectivity index (χ2n) is 7.54. The Morgan fingerprint density at radius 3 is 2.21 bits per heavy atom. The molecular weight excluding hydrogens is 374 g/mol. The van der Waals surface area contributed by atoms with E-state index >= 15 is 0 Å². The second kappa shape index (κ2) is 9.01. The molecule has 0 radical (unpaired) electrons. The van der Waals surface area contributed by atoms with Crippen molar-refractivity contribution in [3.05, 3.63) is 47.3 Å². The van der Waals surface area contributed by atoms with Gasteiger partial charge in [0.2, 0.25) is 10.0 Å². The lowest BCUT2D eigenvalue weighted by Gasteiger charge is -2.28. The number of ether oxygens (including phenoxy) is 1. The molecule has 3 rings (SSSR count). The predicted octanol–water partition coefficient (Wildman–Crippen LogP) is 3.71. The molecule has 1 saturated carbocycles. The van der Waals surface area contributed by atoms with Crippen LogP contribution in [0.25, 0.3) is 0 Å². The quantitative estimate of drug-likeness (QED) is 0.762. The maximum absolute atomic E-state index is 12.7. The van der Waals surface area contributed by atoms with Crippen molar-refractivity contribution in [2.24, 2.45) is 0 Å². The van der Waals surface area contributed by atoms with E-state index in [1.54, 1.807) is 12.1 Å². The Bertz CT molecular complexity index is 869. The number of nitrogens with zero attached hydrogens (tertiary/aromatic N) is 2. The standard InChI is InChI=1S/C21H29N3O3S/c1-4-5-17-6-12-20(13-7-17)28(25,26)24-18-8-10-19(11-9-18)27-21-22-15(2)14-16(3)23-21/h6-7,12-14,18-19,24H,4-5,8-11H2,1-3H3. The Morgan fingerprint density at radius 1 is 1.04 bits per heavy atom. The van der Waals surface area contributed by atoms with Crippen LogP contribution in [-0.4, -0.2) is 30.5 Å². The van der Waals surface area contributed by atoms with Gasteiger partial charge in [-0.1, -0.05) is 25.5 Å². The first-order valence-electron chi connectivity index (χ1n) is 9.96. The molecule has 0 bridgehead atoms. The van der Waals surface area contributed by atoms with Crippen LogP contribution in [0.1, 0.15) is 56.0 Å². The molecule has 0 amide bonds. The molecule has 2 aromatic rings. The fourth-order valence-electron chi connectivity index (χ4n) is 3.61. The van der Waals surface area contributed by atoms with Gasteiger partial charge in [-0.25, -0.2) is 23.1 Å². The highest BCUT2D eigenvalue weighted by Crippen LogP contribution is 2.24. The summed E-state index contributed by atoms with van der Waals surface area (Å²) in [5.41, 5.74) is 2.93. The molecule has 1 fully saturated rings. The molecular formula is C21H29N3O3S. The number of sulfonamides is 1. The van der Waals surface area contributed by atoms with E-state index in [1.807, 2.05) is 32.0 Å². The van der Waals surface area contributed by atoms with E-state index in [2.05, 4.69) is 21.6 Å². The summed E-state index contributed by atoms with van der Waals surface area (Å²) < 4.78 is 34.1. The number of hydrogen-bond donors (Lipinski definition) is 1. The third-order valence-electron chi connectivity index (χ3n) is 5.00. The third kappa shape index (κ3) is 5.52. The van der Waals surface area contributed by atoms with Crippen LogP contribution in [0.15, 0.2) is 35.2 Å². The fourth-order valence-corrected chi connectivity index (χ4v) is 4.91. The summed E-state index contributed by atoms with van der Waals surface area (Å²) in [6.07, 6.45) is 5.06. The predicted molar refractivity (Wildman–Crippen MR) is 109 cm³/mol. The highest BCUT2D eigenvalue weighted by atomic mass is 32.2. The third-order valence-corrected chi connectivity index (χ3v) is 6.54. The van der Waals surface area contributed by atoms with E-state index < -0.39 is 10.0 Å². The number of benzene rings is 1. The molecule has 1 aliphatic rings. The average molecular weight is 404 g/mol. The maximum Gasteiger partial charge on any atom is 0.317 e. The minimum atomic E-state index is -3.49. The van der Waals surface area contributed by atoms with Gasteiger partial charge < -0.3 is 4.74 Å². The van der Waals surface area contributed by atoms with E-state index in [-0.39, 0.29) is 12.1 Å². The zero-order valence-electron chi connectivity index (χ0n) is 16.8. The van der Waals surface area contributed by atoms with E-state index in [0.29, 0.717) is 10.9 Å². The molecule has 1 aromatic heterocycles. The van der Waals surface area contributed by atoms with Crippen LogP contribution < -0.4 is 9.46 Å². The average Bonchev–Trinajstić information content (AvgIpc) is 2.63. The Balaban J connectivity index is 1.54. The maximum atomic E-state index is 12.7. The summed E-state index contributed by atoms with van der Waals surface area (Å²) in [6, 6.07) is 9.43. The van der Waals surface area contributed by atoms with Gasteiger partial charge in [-0.15, -0.1) is 0 Å². The normalized spacial score (nSPS) is 20.1. The zero-order valence-corrected chi connectivity index (χ0v) is 17.6. The Hall–Kier alpha value is -1.99. The van der Waals surface area contributed by atoms with Gasteiger partial charge in [0.15, 0.2) is 0 Å².